The fraction of sp³-hybridized carbons (Fsp3) is 0.222. The van der Waals surface area contributed by atoms with Crippen LogP contribution in [0.1, 0.15) is 19.2 Å². The first-order chi connectivity index (χ1) is 5.36. The van der Waals surface area contributed by atoms with Crippen molar-refractivity contribution in [1.82, 2.24) is 9.55 Å². The summed E-state index contributed by atoms with van der Waals surface area (Å²) in [6.45, 7) is 2.12. The highest BCUT2D eigenvalue weighted by Gasteiger charge is 1.99. The highest BCUT2D eigenvalue weighted by atomic mass is 15.0. The number of imidazole rings is 1. The number of aromatic nitrogens is 2. The van der Waals surface area contributed by atoms with Gasteiger partial charge in [0.05, 0.1) is 0 Å². The zero-order valence-corrected chi connectivity index (χ0v) is 6.49. The molecule has 1 aromatic heterocycles. The van der Waals surface area contributed by atoms with Gasteiger partial charge in [-0.25, -0.2) is 4.98 Å². The van der Waals surface area contributed by atoms with Crippen LogP contribution in [0.15, 0.2) is 24.0 Å². The molecule has 0 saturated carbocycles. The lowest BCUT2D eigenvalue weighted by Crippen LogP contribution is -1.86. The first-order valence-electron chi connectivity index (χ1n) is 3.73. The van der Waals surface area contributed by atoms with Gasteiger partial charge < -0.3 is 4.57 Å². The van der Waals surface area contributed by atoms with Crippen LogP contribution >= 0.6 is 0 Å². The van der Waals surface area contributed by atoms with E-state index in [1.165, 1.54) is 5.57 Å². The first kappa shape index (κ1) is 6.40. The topological polar surface area (TPSA) is 17.8 Å². The maximum absolute atomic E-state index is 4.20. The molecule has 2 heteroatoms. The van der Waals surface area contributed by atoms with Crippen molar-refractivity contribution in [2.45, 2.75) is 13.3 Å². The van der Waals surface area contributed by atoms with E-state index in [0.717, 1.165) is 12.2 Å². The molecule has 0 unspecified atom stereocenters. The van der Waals surface area contributed by atoms with Gasteiger partial charge in [0.25, 0.3) is 0 Å². The fourth-order valence-electron chi connectivity index (χ4n) is 1.19. The molecule has 0 atom stereocenters. The summed E-state index contributed by atoms with van der Waals surface area (Å²) < 4.78 is 2.02. The molecule has 0 spiro atoms. The van der Waals surface area contributed by atoms with Gasteiger partial charge >= 0.3 is 0 Å². The molecule has 0 radical (unpaired) electrons. The molecule has 0 bridgehead atoms. The van der Waals surface area contributed by atoms with Crippen LogP contribution in [0.3, 0.4) is 0 Å². The standard InChI is InChI=1S/C9H10N2/c1-8-3-2-5-11-6-4-10-9(11)7-8/h2,4-7H,3H2,1H3. The van der Waals surface area contributed by atoms with E-state index in [-0.39, 0.29) is 0 Å². The number of nitrogens with zero attached hydrogens (tertiary/aromatic N) is 2. The van der Waals surface area contributed by atoms with Crippen LogP contribution in [0.4, 0.5) is 0 Å². The van der Waals surface area contributed by atoms with Crippen molar-refractivity contribution in [3.05, 3.63) is 29.9 Å². The molecule has 0 aliphatic carbocycles. The zero-order chi connectivity index (χ0) is 7.68. The largest absolute Gasteiger partial charge is 0.307 e. The van der Waals surface area contributed by atoms with Crippen LogP contribution in [0, 0.1) is 0 Å². The molecule has 2 heterocycles. The maximum Gasteiger partial charge on any atom is 0.136 e. The summed E-state index contributed by atoms with van der Waals surface area (Å²) in [5.41, 5.74) is 1.35. The van der Waals surface area contributed by atoms with Crippen LogP contribution in [-0.2, 0) is 0 Å². The molecule has 2 rings (SSSR count). The molecule has 56 valence electrons. The maximum atomic E-state index is 4.20. The second-order valence-electron chi connectivity index (χ2n) is 2.77. The van der Waals surface area contributed by atoms with E-state index in [4.69, 9.17) is 0 Å². The van der Waals surface area contributed by atoms with Crippen molar-refractivity contribution in [3.8, 4) is 0 Å². The Morgan fingerprint density at radius 1 is 1.55 bits per heavy atom. The van der Waals surface area contributed by atoms with E-state index in [0.29, 0.717) is 0 Å². The summed E-state index contributed by atoms with van der Waals surface area (Å²) in [5.74, 6) is 1.02. The minimum absolute atomic E-state index is 1.02. The van der Waals surface area contributed by atoms with Crippen LogP contribution in [0.25, 0.3) is 12.3 Å². The first-order valence-corrected chi connectivity index (χ1v) is 3.73. The van der Waals surface area contributed by atoms with E-state index in [2.05, 4.69) is 30.3 Å². The smallest absolute Gasteiger partial charge is 0.136 e. The van der Waals surface area contributed by atoms with Gasteiger partial charge in [-0.1, -0.05) is 11.6 Å². The van der Waals surface area contributed by atoms with Gasteiger partial charge in [0.1, 0.15) is 5.82 Å². The molecule has 0 saturated heterocycles. The molecule has 1 aliphatic heterocycles. The van der Waals surface area contributed by atoms with Gasteiger partial charge in [-0.3, -0.25) is 0 Å². The normalized spacial score (nSPS) is 15.5. The average Bonchev–Trinajstić information content (AvgIpc) is 2.31. The number of hydrogen-bond donors (Lipinski definition) is 0. The minimum atomic E-state index is 1.02. The second kappa shape index (κ2) is 2.38. The molecule has 1 aromatic rings. The Morgan fingerprint density at radius 3 is 3.36 bits per heavy atom. The SMILES string of the molecule is CC1=Cc2nccn2C=CC1. The van der Waals surface area contributed by atoms with Crippen molar-refractivity contribution in [3.63, 3.8) is 0 Å². The molecule has 1 aliphatic rings. The lowest BCUT2D eigenvalue weighted by Gasteiger charge is -1.92. The van der Waals surface area contributed by atoms with Crippen molar-refractivity contribution < 1.29 is 0 Å². The molecule has 0 amide bonds. The summed E-state index contributed by atoms with van der Waals surface area (Å²) in [7, 11) is 0. The molecular weight excluding hydrogens is 136 g/mol. The Bertz CT molecular complexity index is 318. The van der Waals surface area contributed by atoms with E-state index in [9.17, 15) is 0 Å². The lowest BCUT2D eigenvalue weighted by atomic mass is 10.2. The highest BCUT2D eigenvalue weighted by Crippen LogP contribution is 2.12. The Balaban J connectivity index is 2.55. The van der Waals surface area contributed by atoms with Crippen LogP contribution in [0.2, 0.25) is 0 Å². The predicted molar refractivity (Wildman–Crippen MR) is 45.8 cm³/mol. The Labute approximate surface area is 65.9 Å². The highest BCUT2D eigenvalue weighted by molar-refractivity contribution is 5.51. The summed E-state index contributed by atoms with van der Waals surface area (Å²) in [6.07, 6.45) is 11.1. The van der Waals surface area contributed by atoms with Gasteiger partial charge in [0.15, 0.2) is 0 Å². The number of allylic oxidation sites excluding steroid dienone is 2. The van der Waals surface area contributed by atoms with Gasteiger partial charge in [0, 0.05) is 18.6 Å². The predicted octanol–water partition coefficient (Wildman–Crippen LogP) is 2.16. The molecule has 0 fully saturated rings. The zero-order valence-electron chi connectivity index (χ0n) is 6.49. The molecule has 2 nitrogen and oxygen atoms in total. The van der Waals surface area contributed by atoms with Crippen molar-refractivity contribution in [2.24, 2.45) is 0 Å². The third-order valence-corrected chi connectivity index (χ3v) is 1.78. The monoisotopic (exact) mass is 146 g/mol. The van der Waals surface area contributed by atoms with Gasteiger partial charge in [-0.05, 0) is 19.4 Å². The van der Waals surface area contributed by atoms with E-state index in [1.807, 2.05) is 17.0 Å². The van der Waals surface area contributed by atoms with Gasteiger partial charge in [-0.15, -0.1) is 0 Å². The number of fused-ring (bicyclic) bond motifs is 1. The van der Waals surface area contributed by atoms with Crippen molar-refractivity contribution >= 4 is 12.3 Å². The molecule has 11 heavy (non-hydrogen) atoms. The fourth-order valence-corrected chi connectivity index (χ4v) is 1.19. The summed E-state index contributed by atoms with van der Waals surface area (Å²) in [6, 6.07) is 0. The summed E-state index contributed by atoms with van der Waals surface area (Å²) in [4.78, 5) is 4.20. The summed E-state index contributed by atoms with van der Waals surface area (Å²) >= 11 is 0. The average molecular weight is 146 g/mol. The minimum Gasteiger partial charge on any atom is -0.307 e. The van der Waals surface area contributed by atoms with Crippen molar-refractivity contribution in [1.29, 1.82) is 0 Å². The quantitative estimate of drug-likeness (QED) is 0.548. The molecular formula is C9H10N2. The number of rotatable bonds is 0. The molecule has 0 N–H and O–H groups in total. The van der Waals surface area contributed by atoms with Gasteiger partial charge in [-0.2, -0.15) is 0 Å². The third-order valence-electron chi connectivity index (χ3n) is 1.78. The molecule has 0 aromatic carbocycles. The van der Waals surface area contributed by atoms with Crippen LogP contribution < -0.4 is 0 Å². The van der Waals surface area contributed by atoms with Crippen LogP contribution in [-0.4, -0.2) is 9.55 Å². The van der Waals surface area contributed by atoms with Gasteiger partial charge in [0.2, 0.25) is 0 Å². The lowest BCUT2D eigenvalue weighted by molar-refractivity contribution is 1.11. The Morgan fingerprint density at radius 2 is 2.45 bits per heavy atom. The Hall–Kier alpha value is -1.31. The van der Waals surface area contributed by atoms with Crippen molar-refractivity contribution in [2.75, 3.05) is 0 Å². The van der Waals surface area contributed by atoms with E-state index < -0.39 is 0 Å². The van der Waals surface area contributed by atoms with Crippen LogP contribution in [0.5, 0.6) is 0 Å². The summed E-state index contributed by atoms with van der Waals surface area (Å²) in [5, 5.41) is 0. The second-order valence-corrected chi connectivity index (χ2v) is 2.77. The Kier molecular flexibility index (Phi) is 1.39. The third kappa shape index (κ3) is 1.11. The van der Waals surface area contributed by atoms with E-state index >= 15 is 0 Å². The number of hydrogen-bond acceptors (Lipinski definition) is 1. The van der Waals surface area contributed by atoms with E-state index in [1.54, 1.807) is 0 Å².